The quantitative estimate of drug-likeness (QED) is 0.730. The molecule has 0 aliphatic heterocycles. The number of benzene rings is 1. The monoisotopic (exact) mass is 297 g/mol. The van der Waals surface area contributed by atoms with Crippen LogP contribution in [-0.2, 0) is 11.8 Å². The predicted molar refractivity (Wildman–Crippen MR) is 86.2 cm³/mol. The van der Waals surface area contributed by atoms with Gasteiger partial charge in [-0.25, -0.2) is 4.79 Å². The van der Waals surface area contributed by atoms with Gasteiger partial charge in [-0.15, -0.1) is 0 Å². The second kappa shape index (κ2) is 4.95. The van der Waals surface area contributed by atoms with Crippen molar-refractivity contribution in [2.75, 3.05) is 7.11 Å². The number of methoxy groups -OCH3 is 1. The lowest BCUT2D eigenvalue weighted by Gasteiger charge is -2.13. The van der Waals surface area contributed by atoms with Crippen molar-refractivity contribution in [3.05, 3.63) is 40.9 Å². The van der Waals surface area contributed by atoms with Crippen molar-refractivity contribution in [1.82, 2.24) is 14.1 Å². The van der Waals surface area contributed by atoms with Crippen molar-refractivity contribution in [3.8, 4) is 0 Å². The van der Waals surface area contributed by atoms with Crippen LogP contribution in [0.4, 0.5) is 0 Å². The van der Waals surface area contributed by atoms with Crippen LogP contribution in [0.1, 0.15) is 25.3 Å². The van der Waals surface area contributed by atoms with E-state index in [9.17, 15) is 4.79 Å². The molecule has 5 heteroatoms. The van der Waals surface area contributed by atoms with Crippen LogP contribution >= 0.6 is 0 Å². The van der Waals surface area contributed by atoms with E-state index in [-0.39, 0.29) is 17.8 Å². The number of ether oxygens (including phenoxy) is 1. The maximum atomic E-state index is 12.8. The lowest BCUT2D eigenvalue weighted by molar-refractivity contribution is 0.106. The summed E-state index contributed by atoms with van der Waals surface area (Å²) in [5, 5.41) is 1.04. The van der Waals surface area contributed by atoms with Crippen LogP contribution in [-0.4, -0.2) is 27.3 Å². The second-order valence-electron chi connectivity index (χ2n) is 6.05. The van der Waals surface area contributed by atoms with Crippen molar-refractivity contribution in [1.29, 1.82) is 0 Å². The van der Waals surface area contributed by atoms with Gasteiger partial charge in [0.25, 0.3) is 0 Å². The molecule has 1 saturated carbocycles. The predicted octanol–water partition coefficient (Wildman–Crippen LogP) is 2.63. The number of imidazole rings is 1. The van der Waals surface area contributed by atoms with Crippen molar-refractivity contribution >= 4 is 21.9 Å². The van der Waals surface area contributed by atoms with Gasteiger partial charge in [0.1, 0.15) is 0 Å². The van der Waals surface area contributed by atoms with E-state index >= 15 is 0 Å². The fourth-order valence-electron chi connectivity index (χ4n) is 3.68. The minimum atomic E-state index is 0.0370. The first-order valence-electron chi connectivity index (χ1n) is 7.68. The van der Waals surface area contributed by atoms with Gasteiger partial charge >= 0.3 is 5.69 Å². The van der Waals surface area contributed by atoms with Crippen LogP contribution in [0.25, 0.3) is 21.9 Å². The van der Waals surface area contributed by atoms with Crippen LogP contribution < -0.4 is 5.69 Å². The molecular formula is C17H19N3O2. The fraction of sp³-hybridized carbons (Fsp3) is 0.412. The summed E-state index contributed by atoms with van der Waals surface area (Å²) >= 11 is 0. The number of pyridine rings is 1. The Morgan fingerprint density at radius 1 is 1.27 bits per heavy atom. The Bertz CT molecular complexity index is 909. The normalized spacial score (nSPS) is 21.9. The average Bonchev–Trinajstić information content (AvgIpc) is 3.11. The SMILES string of the molecule is CO[C@H]1CC[C@H](n2c(=O)n(C)c3cnc4ccccc4c32)C1. The minimum Gasteiger partial charge on any atom is -0.381 e. The van der Waals surface area contributed by atoms with Gasteiger partial charge in [0, 0.05) is 25.6 Å². The Kier molecular flexibility index (Phi) is 3.04. The molecule has 0 saturated heterocycles. The molecule has 22 heavy (non-hydrogen) atoms. The van der Waals surface area contributed by atoms with Crippen LogP contribution in [0.15, 0.2) is 35.3 Å². The Labute approximate surface area is 128 Å². The van der Waals surface area contributed by atoms with Gasteiger partial charge in [-0.1, -0.05) is 18.2 Å². The van der Waals surface area contributed by atoms with Gasteiger partial charge in [0.05, 0.1) is 28.9 Å². The van der Waals surface area contributed by atoms with E-state index < -0.39 is 0 Å². The summed E-state index contributed by atoms with van der Waals surface area (Å²) in [6, 6.07) is 8.21. The molecule has 1 fully saturated rings. The number of rotatable bonds is 2. The van der Waals surface area contributed by atoms with Crippen LogP contribution in [0.3, 0.4) is 0 Å². The summed E-state index contributed by atoms with van der Waals surface area (Å²) in [6.07, 6.45) is 4.94. The lowest BCUT2D eigenvalue weighted by Crippen LogP contribution is -2.25. The first-order valence-corrected chi connectivity index (χ1v) is 7.68. The molecule has 1 aliphatic rings. The number of aromatic nitrogens is 3. The van der Waals surface area contributed by atoms with Crippen molar-refractivity contribution < 1.29 is 4.74 Å². The number of nitrogens with zero attached hydrogens (tertiary/aromatic N) is 3. The molecule has 0 N–H and O–H groups in total. The zero-order valence-corrected chi connectivity index (χ0v) is 12.8. The Balaban J connectivity index is 2.03. The van der Waals surface area contributed by atoms with Crippen molar-refractivity contribution in [3.63, 3.8) is 0 Å². The third-order valence-corrected chi connectivity index (χ3v) is 4.88. The highest BCUT2D eigenvalue weighted by atomic mass is 16.5. The molecule has 2 atom stereocenters. The van der Waals surface area contributed by atoms with Crippen LogP contribution in [0.2, 0.25) is 0 Å². The van der Waals surface area contributed by atoms with E-state index in [1.165, 1.54) is 0 Å². The second-order valence-corrected chi connectivity index (χ2v) is 6.05. The van der Waals surface area contributed by atoms with E-state index in [2.05, 4.69) is 4.98 Å². The molecule has 0 spiro atoms. The smallest absolute Gasteiger partial charge is 0.329 e. The fourth-order valence-corrected chi connectivity index (χ4v) is 3.68. The molecule has 1 aromatic carbocycles. The van der Waals surface area contributed by atoms with E-state index in [0.717, 1.165) is 41.2 Å². The van der Waals surface area contributed by atoms with E-state index in [0.29, 0.717) is 0 Å². The van der Waals surface area contributed by atoms with Crippen LogP contribution in [0, 0.1) is 0 Å². The maximum Gasteiger partial charge on any atom is 0.329 e. The Hall–Kier alpha value is -2.14. The standard InChI is InChI=1S/C17H19N3O2/c1-19-15-10-18-14-6-4-3-5-13(14)16(15)20(17(19)21)11-7-8-12(9-11)22-2/h3-6,10-12H,7-9H2,1-2H3/t11-,12-/m0/s1. The number of hydrogen-bond acceptors (Lipinski definition) is 3. The van der Waals surface area contributed by atoms with Crippen molar-refractivity contribution in [2.45, 2.75) is 31.4 Å². The lowest BCUT2D eigenvalue weighted by atomic mass is 10.1. The number of hydrogen-bond donors (Lipinski definition) is 0. The number of fused-ring (bicyclic) bond motifs is 3. The van der Waals surface area contributed by atoms with Gasteiger partial charge < -0.3 is 4.74 Å². The molecule has 3 aromatic rings. The highest BCUT2D eigenvalue weighted by Gasteiger charge is 2.29. The Morgan fingerprint density at radius 3 is 2.86 bits per heavy atom. The molecular weight excluding hydrogens is 278 g/mol. The summed E-state index contributed by atoms with van der Waals surface area (Å²) in [7, 11) is 3.57. The third-order valence-electron chi connectivity index (χ3n) is 4.88. The summed E-state index contributed by atoms with van der Waals surface area (Å²) in [5.74, 6) is 0. The van der Waals surface area contributed by atoms with Gasteiger partial charge in [-0.3, -0.25) is 14.1 Å². The molecule has 114 valence electrons. The maximum absolute atomic E-state index is 12.8. The molecule has 0 radical (unpaired) electrons. The molecule has 0 bridgehead atoms. The first kappa shape index (κ1) is 13.5. The van der Waals surface area contributed by atoms with Gasteiger partial charge in [-0.2, -0.15) is 0 Å². The van der Waals surface area contributed by atoms with E-state index in [1.54, 1.807) is 17.9 Å². The van der Waals surface area contributed by atoms with Gasteiger partial charge in [0.15, 0.2) is 0 Å². The van der Waals surface area contributed by atoms with E-state index in [1.807, 2.05) is 35.9 Å². The zero-order chi connectivity index (χ0) is 15.3. The minimum absolute atomic E-state index is 0.0370. The summed E-state index contributed by atoms with van der Waals surface area (Å²) in [4.78, 5) is 17.3. The largest absolute Gasteiger partial charge is 0.381 e. The number of aryl methyl sites for hydroxylation is 1. The zero-order valence-electron chi connectivity index (χ0n) is 12.8. The molecule has 0 amide bonds. The summed E-state index contributed by atoms with van der Waals surface area (Å²) in [5.41, 5.74) is 2.86. The third kappa shape index (κ3) is 1.82. The first-order chi connectivity index (χ1) is 10.7. The average molecular weight is 297 g/mol. The van der Waals surface area contributed by atoms with Crippen molar-refractivity contribution in [2.24, 2.45) is 7.05 Å². The molecule has 4 rings (SSSR count). The highest BCUT2D eigenvalue weighted by molar-refractivity contribution is 6.02. The summed E-state index contributed by atoms with van der Waals surface area (Å²) < 4.78 is 9.13. The topological polar surface area (TPSA) is 49.0 Å². The number of para-hydroxylation sites is 1. The van der Waals surface area contributed by atoms with Gasteiger partial charge in [0.2, 0.25) is 0 Å². The molecule has 2 heterocycles. The van der Waals surface area contributed by atoms with Gasteiger partial charge in [-0.05, 0) is 25.3 Å². The highest BCUT2D eigenvalue weighted by Crippen LogP contribution is 2.34. The molecule has 0 unspecified atom stereocenters. The van der Waals surface area contributed by atoms with E-state index in [4.69, 9.17) is 4.74 Å². The molecule has 1 aliphatic carbocycles. The summed E-state index contributed by atoms with van der Waals surface area (Å²) in [6.45, 7) is 0. The molecule has 2 aromatic heterocycles. The molecule has 5 nitrogen and oxygen atoms in total. The van der Waals surface area contributed by atoms with Crippen LogP contribution in [0.5, 0.6) is 0 Å². The Morgan fingerprint density at radius 2 is 2.09 bits per heavy atom.